The average molecular weight is 373 g/mol. The number of imidazole rings is 1. The summed E-state index contributed by atoms with van der Waals surface area (Å²) < 4.78 is 1.85. The predicted octanol–water partition coefficient (Wildman–Crippen LogP) is 4.29. The van der Waals surface area contributed by atoms with Crippen LogP contribution in [0.15, 0.2) is 48.7 Å². The van der Waals surface area contributed by atoms with Gasteiger partial charge in [0.1, 0.15) is 0 Å². The number of aliphatic hydroxyl groups excluding tert-OH is 1. The van der Waals surface area contributed by atoms with Gasteiger partial charge in [-0.15, -0.1) is 0 Å². The number of anilines is 1. The molecule has 0 unspecified atom stereocenters. The van der Waals surface area contributed by atoms with Crippen LogP contribution in [0.5, 0.6) is 0 Å². The van der Waals surface area contributed by atoms with E-state index in [4.69, 9.17) is 23.2 Å². The van der Waals surface area contributed by atoms with Gasteiger partial charge in [0.05, 0.1) is 39.6 Å². The first kappa shape index (κ1) is 16.1. The van der Waals surface area contributed by atoms with Crippen molar-refractivity contribution in [1.82, 2.24) is 14.4 Å². The van der Waals surface area contributed by atoms with Crippen molar-refractivity contribution < 1.29 is 5.11 Å². The lowest BCUT2D eigenvalue weighted by Crippen LogP contribution is -2.06. The van der Waals surface area contributed by atoms with Crippen LogP contribution in [0.2, 0.25) is 10.0 Å². The van der Waals surface area contributed by atoms with Crippen LogP contribution in [0.25, 0.3) is 16.7 Å². The molecule has 126 valence electrons. The van der Waals surface area contributed by atoms with Crippen LogP contribution in [-0.4, -0.2) is 19.5 Å². The van der Waals surface area contributed by atoms with Gasteiger partial charge in [-0.05, 0) is 17.7 Å². The van der Waals surface area contributed by atoms with Gasteiger partial charge in [-0.25, -0.2) is 9.97 Å². The van der Waals surface area contributed by atoms with Gasteiger partial charge in [0.2, 0.25) is 0 Å². The van der Waals surface area contributed by atoms with Crippen molar-refractivity contribution in [1.29, 1.82) is 0 Å². The number of benzene rings is 2. The van der Waals surface area contributed by atoms with Crippen molar-refractivity contribution in [2.24, 2.45) is 0 Å². The Morgan fingerprint density at radius 3 is 2.60 bits per heavy atom. The summed E-state index contributed by atoms with van der Waals surface area (Å²) in [5.41, 5.74) is 3.83. The van der Waals surface area contributed by atoms with E-state index in [1.807, 2.05) is 34.7 Å². The molecule has 2 aromatic heterocycles. The van der Waals surface area contributed by atoms with E-state index in [9.17, 15) is 5.11 Å². The molecule has 0 aliphatic heterocycles. The summed E-state index contributed by atoms with van der Waals surface area (Å²) in [6.45, 7) is 0.469. The first-order valence-electron chi connectivity index (χ1n) is 7.71. The minimum Gasteiger partial charge on any atom is -0.390 e. The Bertz CT molecular complexity index is 1060. The Morgan fingerprint density at radius 2 is 1.84 bits per heavy atom. The van der Waals surface area contributed by atoms with Crippen molar-refractivity contribution in [3.05, 3.63) is 70.0 Å². The van der Waals surface area contributed by atoms with E-state index in [0.29, 0.717) is 39.3 Å². The van der Waals surface area contributed by atoms with Gasteiger partial charge in [-0.3, -0.25) is 4.40 Å². The van der Waals surface area contributed by atoms with Gasteiger partial charge in [-0.1, -0.05) is 53.5 Å². The summed E-state index contributed by atoms with van der Waals surface area (Å²) in [5.74, 6) is 0.620. The number of hydrogen-bond donors (Lipinski definition) is 2. The van der Waals surface area contributed by atoms with Crippen LogP contribution >= 0.6 is 23.2 Å². The highest BCUT2D eigenvalue weighted by molar-refractivity contribution is 6.42. The number of nitrogens with one attached hydrogen (secondary N) is 1. The van der Waals surface area contributed by atoms with Crippen LogP contribution in [0.4, 0.5) is 5.82 Å². The fraction of sp³-hybridized carbons (Fsp3) is 0.111. The Hall–Kier alpha value is -2.34. The predicted molar refractivity (Wildman–Crippen MR) is 100 cm³/mol. The maximum Gasteiger partial charge on any atom is 0.180 e. The molecule has 4 rings (SSSR count). The van der Waals surface area contributed by atoms with Crippen molar-refractivity contribution in [2.45, 2.75) is 13.2 Å². The van der Waals surface area contributed by atoms with Gasteiger partial charge < -0.3 is 10.4 Å². The van der Waals surface area contributed by atoms with Crippen LogP contribution in [0.3, 0.4) is 0 Å². The van der Waals surface area contributed by atoms with Gasteiger partial charge in [0.15, 0.2) is 11.5 Å². The third-order valence-electron chi connectivity index (χ3n) is 4.00. The molecule has 2 heterocycles. The molecule has 0 bridgehead atoms. The molecule has 4 aromatic rings. The standard InChI is InChI=1S/C18H14Cl2N4O/c19-13-6-15-16(7-14(13)20)24-12(10-25)9-22-18(24)17(23-15)21-8-11-4-2-1-3-5-11/h1-7,9,25H,8,10H2,(H,21,23). The molecule has 0 amide bonds. The number of rotatable bonds is 4. The number of nitrogens with zero attached hydrogens (tertiary/aromatic N) is 3. The molecule has 0 atom stereocenters. The largest absolute Gasteiger partial charge is 0.390 e. The Balaban J connectivity index is 1.88. The van der Waals surface area contributed by atoms with Crippen molar-refractivity contribution in [3.8, 4) is 0 Å². The highest BCUT2D eigenvalue weighted by Crippen LogP contribution is 2.30. The Kier molecular flexibility index (Phi) is 4.21. The third-order valence-corrected chi connectivity index (χ3v) is 4.72. The van der Waals surface area contributed by atoms with Crippen LogP contribution in [-0.2, 0) is 13.2 Å². The maximum atomic E-state index is 9.65. The summed E-state index contributed by atoms with van der Waals surface area (Å²) in [4.78, 5) is 9.05. The second-order valence-corrected chi connectivity index (χ2v) is 6.44. The molecule has 5 nitrogen and oxygen atoms in total. The van der Waals surface area contributed by atoms with Crippen LogP contribution in [0.1, 0.15) is 11.3 Å². The molecule has 25 heavy (non-hydrogen) atoms. The molecule has 2 N–H and O–H groups in total. The monoisotopic (exact) mass is 372 g/mol. The SMILES string of the molecule is OCc1cnc2c(NCc3ccccc3)nc3cc(Cl)c(Cl)cc3n12. The fourth-order valence-corrected chi connectivity index (χ4v) is 3.12. The van der Waals surface area contributed by atoms with Gasteiger partial charge in [-0.2, -0.15) is 0 Å². The molecule has 7 heteroatoms. The van der Waals surface area contributed by atoms with Gasteiger partial charge >= 0.3 is 0 Å². The highest BCUT2D eigenvalue weighted by Gasteiger charge is 2.15. The quantitative estimate of drug-likeness (QED) is 0.560. The molecule has 0 spiro atoms. The topological polar surface area (TPSA) is 62.5 Å². The number of aromatic nitrogens is 3. The Labute approximate surface area is 153 Å². The molecule has 0 radical (unpaired) electrons. The molecular formula is C18H14Cl2N4O. The summed E-state index contributed by atoms with van der Waals surface area (Å²) >= 11 is 12.3. The van der Waals surface area contributed by atoms with E-state index in [1.165, 1.54) is 0 Å². The molecule has 0 fully saturated rings. The first-order chi connectivity index (χ1) is 12.2. The minimum absolute atomic E-state index is 0.140. The molecule has 2 aromatic carbocycles. The highest BCUT2D eigenvalue weighted by atomic mass is 35.5. The number of fused-ring (bicyclic) bond motifs is 3. The van der Waals surface area contributed by atoms with E-state index < -0.39 is 0 Å². The third kappa shape index (κ3) is 2.91. The normalized spacial score (nSPS) is 11.3. The van der Waals surface area contributed by atoms with Gasteiger partial charge in [0.25, 0.3) is 0 Å². The number of aliphatic hydroxyl groups is 1. The zero-order valence-corrected chi connectivity index (χ0v) is 14.6. The summed E-state index contributed by atoms with van der Waals surface area (Å²) in [6.07, 6.45) is 1.63. The lowest BCUT2D eigenvalue weighted by molar-refractivity contribution is 0.276. The van der Waals surface area contributed by atoms with Crippen molar-refractivity contribution >= 4 is 45.7 Å². The molecular weight excluding hydrogens is 359 g/mol. The fourth-order valence-electron chi connectivity index (χ4n) is 2.80. The molecule has 0 aliphatic rings. The van der Waals surface area contributed by atoms with Crippen LogP contribution in [0, 0.1) is 0 Å². The first-order valence-corrected chi connectivity index (χ1v) is 8.46. The lowest BCUT2D eigenvalue weighted by Gasteiger charge is -2.12. The lowest BCUT2D eigenvalue weighted by atomic mass is 10.2. The summed E-state index contributed by atoms with van der Waals surface area (Å²) in [7, 11) is 0. The number of hydrogen-bond acceptors (Lipinski definition) is 4. The average Bonchev–Trinajstić information content (AvgIpc) is 3.06. The van der Waals surface area contributed by atoms with Crippen molar-refractivity contribution in [2.75, 3.05) is 5.32 Å². The van der Waals surface area contributed by atoms with Crippen LogP contribution < -0.4 is 5.32 Å². The van der Waals surface area contributed by atoms with E-state index in [1.54, 1.807) is 18.3 Å². The van der Waals surface area contributed by atoms with E-state index in [-0.39, 0.29) is 6.61 Å². The number of halogens is 2. The molecule has 0 saturated carbocycles. The van der Waals surface area contributed by atoms with Gasteiger partial charge in [0, 0.05) is 6.54 Å². The zero-order chi connectivity index (χ0) is 17.4. The van der Waals surface area contributed by atoms with E-state index in [2.05, 4.69) is 15.3 Å². The summed E-state index contributed by atoms with van der Waals surface area (Å²) in [6, 6.07) is 13.5. The zero-order valence-electron chi connectivity index (χ0n) is 13.1. The van der Waals surface area contributed by atoms with E-state index >= 15 is 0 Å². The summed E-state index contributed by atoms with van der Waals surface area (Å²) in [5, 5.41) is 13.8. The van der Waals surface area contributed by atoms with Crippen molar-refractivity contribution in [3.63, 3.8) is 0 Å². The maximum absolute atomic E-state index is 9.65. The minimum atomic E-state index is -0.140. The Morgan fingerprint density at radius 1 is 1.08 bits per heavy atom. The smallest absolute Gasteiger partial charge is 0.180 e. The second-order valence-electron chi connectivity index (χ2n) is 5.62. The molecule has 0 saturated heterocycles. The second kappa shape index (κ2) is 6.52. The van der Waals surface area contributed by atoms with E-state index in [0.717, 1.165) is 11.1 Å². The molecule has 0 aliphatic carbocycles.